The van der Waals surface area contributed by atoms with E-state index < -0.39 is 12.7 Å². The maximum Gasteiger partial charge on any atom is 0.401 e. The van der Waals surface area contributed by atoms with Gasteiger partial charge in [-0.2, -0.15) is 13.2 Å². The number of alkyl halides is 3. The average Bonchev–Trinajstić information content (AvgIpc) is 2.93. The van der Waals surface area contributed by atoms with E-state index in [1.807, 2.05) is 0 Å². The van der Waals surface area contributed by atoms with E-state index in [1.54, 1.807) is 7.05 Å². The fourth-order valence-corrected chi connectivity index (χ4v) is 2.82. The molecule has 8 heteroatoms. The average molecular weight is 470 g/mol. The van der Waals surface area contributed by atoms with Gasteiger partial charge in [0.05, 0.1) is 6.54 Å². The highest BCUT2D eigenvalue weighted by molar-refractivity contribution is 14.0. The molecule has 1 aliphatic rings. The molecule has 25 heavy (non-hydrogen) atoms. The summed E-state index contributed by atoms with van der Waals surface area (Å²) < 4.78 is 37.3. The quantitative estimate of drug-likeness (QED) is 0.395. The van der Waals surface area contributed by atoms with E-state index in [9.17, 15) is 13.2 Å². The molecule has 1 atom stereocenters. The molecule has 1 aromatic rings. The summed E-state index contributed by atoms with van der Waals surface area (Å²) in [6, 6.07) is 8.35. The maximum absolute atomic E-state index is 12.4. The van der Waals surface area contributed by atoms with Crippen LogP contribution in [0.4, 0.5) is 13.2 Å². The molecule has 0 aromatic heterocycles. The van der Waals surface area contributed by atoms with E-state index in [0.29, 0.717) is 25.5 Å². The molecule has 1 unspecified atom stereocenters. The number of nitrogens with zero attached hydrogens (tertiary/aromatic N) is 2. The van der Waals surface area contributed by atoms with Crippen LogP contribution in [0, 0.1) is 6.92 Å². The molecule has 1 aliphatic heterocycles. The van der Waals surface area contributed by atoms with E-state index in [-0.39, 0.29) is 30.0 Å². The molecule has 1 heterocycles. The largest absolute Gasteiger partial charge is 0.401 e. The zero-order valence-corrected chi connectivity index (χ0v) is 16.9. The van der Waals surface area contributed by atoms with Gasteiger partial charge in [0.2, 0.25) is 0 Å². The highest BCUT2D eigenvalue weighted by atomic mass is 127. The predicted octanol–water partition coefficient (Wildman–Crippen LogP) is 2.96. The van der Waals surface area contributed by atoms with Crippen molar-refractivity contribution in [1.29, 1.82) is 0 Å². The number of aliphatic imine (C=N–C) groups is 1. The molecule has 142 valence electrons. The van der Waals surface area contributed by atoms with Gasteiger partial charge in [0, 0.05) is 32.7 Å². The zero-order valence-electron chi connectivity index (χ0n) is 14.6. The third kappa shape index (κ3) is 8.26. The second kappa shape index (κ2) is 10.2. The van der Waals surface area contributed by atoms with Gasteiger partial charge in [-0.3, -0.25) is 9.89 Å². The van der Waals surface area contributed by atoms with E-state index in [2.05, 4.69) is 46.8 Å². The first-order valence-electron chi connectivity index (χ1n) is 8.17. The van der Waals surface area contributed by atoms with Crippen LogP contribution in [0.3, 0.4) is 0 Å². The van der Waals surface area contributed by atoms with Gasteiger partial charge in [-0.1, -0.05) is 29.8 Å². The minimum absolute atomic E-state index is 0. The molecule has 0 spiro atoms. The fraction of sp³-hybridized carbons (Fsp3) is 0.588. The number of hydrogen-bond donors (Lipinski definition) is 2. The van der Waals surface area contributed by atoms with Crippen molar-refractivity contribution in [2.45, 2.75) is 32.0 Å². The number of nitrogens with one attached hydrogen (secondary N) is 2. The van der Waals surface area contributed by atoms with Crippen molar-refractivity contribution < 1.29 is 13.2 Å². The van der Waals surface area contributed by atoms with Crippen molar-refractivity contribution in [3.8, 4) is 0 Å². The lowest BCUT2D eigenvalue weighted by Gasteiger charge is -2.19. The fourth-order valence-electron chi connectivity index (χ4n) is 2.82. The lowest BCUT2D eigenvalue weighted by Crippen LogP contribution is -2.45. The Kier molecular flexibility index (Phi) is 8.98. The lowest BCUT2D eigenvalue weighted by atomic mass is 10.1. The molecule has 0 amide bonds. The molecule has 0 aliphatic carbocycles. The second-order valence-corrected chi connectivity index (χ2v) is 6.21. The van der Waals surface area contributed by atoms with Crippen molar-refractivity contribution >= 4 is 29.9 Å². The minimum Gasteiger partial charge on any atom is -0.356 e. The van der Waals surface area contributed by atoms with Crippen LogP contribution in [0.15, 0.2) is 29.3 Å². The van der Waals surface area contributed by atoms with Crippen LogP contribution < -0.4 is 10.6 Å². The Morgan fingerprint density at radius 2 is 1.96 bits per heavy atom. The highest BCUT2D eigenvalue weighted by Crippen LogP contribution is 2.19. The summed E-state index contributed by atoms with van der Waals surface area (Å²) >= 11 is 0. The molecule has 0 saturated carbocycles. The monoisotopic (exact) mass is 470 g/mol. The van der Waals surface area contributed by atoms with E-state index >= 15 is 0 Å². The third-order valence-corrected chi connectivity index (χ3v) is 4.07. The molecule has 1 fully saturated rings. The molecule has 0 bridgehead atoms. The number of aryl methyl sites for hydroxylation is 1. The summed E-state index contributed by atoms with van der Waals surface area (Å²) in [5, 5.41) is 6.43. The van der Waals surface area contributed by atoms with Crippen molar-refractivity contribution in [1.82, 2.24) is 15.5 Å². The van der Waals surface area contributed by atoms with Crippen molar-refractivity contribution in [3.05, 3.63) is 35.4 Å². The van der Waals surface area contributed by atoms with Gasteiger partial charge in [0.15, 0.2) is 5.96 Å². The van der Waals surface area contributed by atoms with Crippen LogP contribution in [-0.4, -0.2) is 56.3 Å². The Bertz CT molecular complexity index is 546. The van der Waals surface area contributed by atoms with Gasteiger partial charge in [0.1, 0.15) is 0 Å². The van der Waals surface area contributed by atoms with Crippen LogP contribution in [-0.2, 0) is 6.42 Å². The van der Waals surface area contributed by atoms with Crippen LogP contribution >= 0.6 is 24.0 Å². The number of benzene rings is 1. The highest BCUT2D eigenvalue weighted by Gasteiger charge is 2.34. The van der Waals surface area contributed by atoms with Gasteiger partial charge in [-0.15, -0.1) is 24.0 Å². The Morgan fingerprint density at radius 3 is 2.56 bits per heavy atom. The van der Waals surface area contributed by atoms with Crippen LogP contribution in [0.25, 0.3) is 0 Å². The first kappa shape index (κ1) is 22.0. The predicted molar refractivity (Wildman–Crippen MR) is 106 cm³/mol. The molecule has 0 radical (unpaired) electrons. The first-order valence-corrected chi connectivity index (χ1v) is 8.17. The molecule has 2 N–H and O–H groups in total. The van der Waals surface area contributed by atoms with Gasteiger partial charge >= 0.3 is 6.18 Å². The maximum atomic E-state index is 12.4. The van der Waals surface area contributed by atoms with Gasteiger partial charge < -0.3 is 10.6 Å². The van der Waals surface area contributed by atoms with Crippen molar-refractivity contribution in [3.63, 3.8) is 0 Å². The number of rotatable bonds is 5. The molecule has 4 nitrogen and oxygen atoms in total. The van der Waals surface area contributed by atoms with Gasteiger partial charge in [-0.25, -0.2) is 0 Å². The Balaban J connectivity index is 0.00000312. The summed E-state index contributed by atoms with van der Waals surface area (Å²) in [6.07, 6.45) is -2.58. The number of hydrogen-bond acceptors (Lipinski definition) is 2. The Labute approximate surface area is 164 Å². The second-order valence-electron chi connectivity index (χ2n) is 6.21. The lowest BCUT2D eigenvalue weighted by molar-refractivity contribution is -0.143. The standard InChI is InChI=1S/C17H25F3N4.HI/c1-13-3-5-14(6-4-13)7-9-22-16(21-2)23-15-8-10-24(11-15)12-17(18,19)20;/h3-6,15H,7-12H2,1-2H3,(H2,21,22,23);1H. The third-order valence-electron chi connectivity index (χ3n) is 4.07. The summed E-state index contributed by atoms with van der Waals surface area (Å²) in [4.78, 5) is 5.58. The summed E-state index contributed by atoms with van der Waals surface area (Å²) in [7, 11) is 1.67. The zero-order chi connectivity index (χ0) is 17.6. The first-order chi connectivity index (χ1) is 11.4. The van der Waals surface area contributed by atoms with Gasteiger partial charge in [0.25, 0.3) is 0 Å². The number of likely N-dealkylation sites (tertiary alicyclic amines) is 1. The molecule has 1 saturated heterocycles. The van der Waals surface area contributed by atoms with Crippen LogP contribution in [0.2, 0.25) is 0 Å². The molecule has 2 rings (SSSR count). The number of halogens is 4. The normalized spacial score (nSPS) is 18.8. The molecular weight excluding hydrogens is 444 g/mol. The summed E-state index contributed by atoms with van der Waals surface area (Å²) in [6.45, 7) is 2.78. The van der Waals surface area contributed by atoms with Gasteiger partial charge in [-0.05, 0) is 25.3 Å². The van der Waals surface area contributed by atoms with E-state index in [0.717, 1.165) is 13.0 Å². The van der Waals surface area contributed by atoms with E-state index in [4.69, 9.17) is 0 Å². The summed E-state index contributed by atoms with van der Waals surface area (Å²) in [5.41, 5.74) is 2.47. The topological polar surface area (TPSA) is 39.7 Å². The smallest absolute Gasteiger partial charge is 0.356 e. The minimum atomic E-state index is -4.14. The van der Waals surface area contributed by atoms with Crippen LogP contribution in [0.1, 0.15) is 17.5 Å². The SMILES string of the molecule is CN=C(NCCc1ccc(C)cc1)NC1CCN(CC(F)(F)F)C1.I. The summed E-state index contributed by atoms with van der Waals surface area (Å²) in [5.74, 6) is 0.640. The molecule has 1 aromatic carbocycles. The van der Waals surface area contributed by atoms with Crippen LogP contribution in [0.5, 0.6) is 0 Å². The van der Waals surface area contributed by atoms with Crippen molar-refractivity contribution in [2.24, 2.45) is 4.99 Å². The number of guanidine groups is 1. The molecular formula is C17H26F3IN4. The Morgan fingerprint density at radius 1 is 1.28 bits per heavy atom. The van der Waals surface area contributed by atoms with Crippen molar-refractivity contribution in [2.75, 3.05) is 33.2 Å². The Hall–Kier alpha value is -1.03. The van der Waals surface area contributed by atoms with E-state index in [1.165, 1.54) is 16.0 Å².